The topological polar surface area (TPSA) is 51.8 Å². The second-order valence-electron chi connectivity index (χ2n) is 12.4. The highest BCUT2D eigenvalue weighted by Crippen LogP contribution is 2.44. The average molecular weight is 658 g/mol. The van der Waals surface area contributed by atoms with Gasteiger partial charge < -0.3 is 4.42 Å². The number of thiophene rings is 1. The Bertz CT molecular complexity index is 2870. The molecule has 0 aliphatic rings. The van der Waals surface area contributed by atoms with E-state index in [-0.39, 0.29) is 0 Å². The van der Waals surface area contributed by atoms with Crippen molar-refractivity contribution in [2.24, 2.45) is 0 Å². The van der Waals surface area contributed by atoms with Gasteiger partial charge in [0.1, 0.15) is 11.2 Å². The monoisotopic (exact) mass is 657 g/mol. The minimum Gasteiger partial charge on any atom is -0.455 e. The zero-order valence-corrected chi connectivity index (χ0v) is 27.6. The second kappa shape index (κ2) is 11.6. The number of hydrogen-bond acceptors (Lipinski definition) is 5. The molecule has 4 heterocycles. The predicted octanol–water partition coefficient (Wildman–Crippen LogP) is 12.5. The third-order valence-electron chi connectivity index (χ3n) is 9.40. The van der Waals surface area contributed by atoms with E-state index in [0.29, 0.717) is 5.82 Å². The molecule has 10 rings (SSSR count). The van der Waals surface area contributed by atoms with Crippen molar-refractivity contribution in [1.29, 1.82) is 0 Å². The molecule has 0 unspecified atom stereocenters. The SMILES string of the molecule is c1ccc(-c2nc(-c3cccc(-c4cccnc4)c3)cc(-c3ccc(-c4ccc5c(c4)sc4ccccc45)c4oc5ccccc5c34)n2)cc1. The molecule has 0 radical (unpaired) electrons. The minimum absolute atomic E-state index is 0.671. The van der Waals surface area contributed by atoms with Crippen molar-refractivity contribution in [3.63, 3.8) is 0 Å². The van der Waals surface area contributed by atoms with Crippen LogP contribution in [0.3, 0.4) is 0 Å². The summed E-state index contributed by atoms with van der Waals surface area (Å²) in [7, 11) is 0. The molecule has 0 amide bonds. The van der Waals surface area contributed by atoms with Crippen molar-refractivity contribution in [1.82, 2.24) is 15.0 Å². The highest BCUT2D eigenvalue weighted by molar-refractivity contribution is 7.25. The van der Waals surface area contributed by atoms with Crippen molar-refractivity contribution in [3.8, 4) is 56.2 Å². The van der Waals surface area contributed by atoms with E-state index in [1.807, 2.05) is 53.9 Å². The summed E-state index contributed by atoms with van der Waals surface area (Å²) in [5.74, 6) is 0.671. The average Bonchev–Trinajstić information content (AvgIpc) is 3.77. The Morgan fingerprint density at radius 3 is 2.10 bits per heavy atom. The molecule has 50 heavy (non-hydrogen) atoms. The molecule has 0 aliphatic carbocycles. The van der Waals surface area contributed by atoms with Crippen molar-refractivity contribution in [3.05, 3.63) is 164 Å². The van der Waals surface area contributed by atoms with E-state index in [1.54, 1.807) is 6.20 Å². The van der Waals surface area contributed by atoms with Gasteiger partial charge >= 0.3 is 0 Å². The maximum absolute atomic E-state index is 6.72. The third-order valence-corrected chi connectivity index (χ3v) is 10.5. The molecule has 234 valence electrons. The number of furan rings is 1. The van der Waals surface area contributed by atoms with E-state index < -0.39 is 0 Å². The van der Waals surface area contributed by atoms with Crippen LogP contribution in [0, 0.1) is 0 Å². The van der Waals surface area contributed by atoms with Crippen LogP contribution in [0.2, 0.25) is 0 Å². The van der Waals surface area contributed by atoms with Crippen molar-refractivity contribution < 1.29 is 4.42 Å². The molecule has 0 N–H and O–H groups in total. The normalized spacial score (nSPS) is 11.6. The number of pyridine rings is 1. The molecule has 0 fully saturated rings. The summed E-state index contributed by atoms with van der Waals surface area (Å²) >= 11 is 1.83. The lowest BCUT2D eigenvalue weighted by molar-refractivity contribution is 0.670. The number of aromatic nitrogens is 3. The van der Waals surface area contributed by atoms with Gasteiger partial charge in [-0.25, -0.2) is 9.97 Å². The maximum Gasteiger partial charge on any atom is 0.160 e. The molecule has 0 saturated carbocycles. The molecular formula is C45H27N3OS. The molecule has 0 spiro atoms. The fourth-order valence-electron chi connectivity index (χ4n) is 7.00. The summed E-state index contributed by atoms with van der Waals surface area (Å²) in [5, 5.41) is 4.68. The molecule has 4 aromatic heterocycles. The summed E-state index contributed by atoms with van der Waals surface area (Å²) in [5.41, 5.74) is 10.7. The standard InChI is InChI=1S/C45H27N3OS/c1-2-10-28(11-3-1)45-47-38(31-13-8-12-29(24-31)32-14-9-23-46-27-32)26-39(48-45)36-22-21-33(44-43(36)37-16-4-6-17-40(37)49-44)30-19-20-35-34-15-5-7-18-41(34)50-42(35)25-30/h1-27H. The van der Waals surface area contributed by atoms with E-state index in [1.165, 1.54) is 20.2 Å². The van der Waals surface area contributed by atoms with Crippen LogP contribution in [0.5, 0.6) is 0 Å². The second-order valence-corrected chi connectivity index (χ2v) is 13.5. The van der Waals surface area contributed by atoms with Gasteiger partial charge in [0.25, 0.3) is 0 Å². The first-order chi connectivity index (χ1) is 24.8. The fourth-order valence-corrected chi connectivity index (χ4v) is 8.15. The molecule has 5 heteroatoms. The Hall–Kier alpha value is -6.43. The highest BCUT2D eigenvalue weighted by Gasteiger charge is 2.20. The van der Waals surface area contributed by atoms with Crippen LogP contribution in [-0.2, 0) is 0 Å². The van der Waals surface area contributed by atoms with E-state index in [9.17, 15) is 0 Å². The highest BCUT2D eigenvalue weighted by atomic mass is 32.1. The molecular weight excluding hydrogens is 631 g/mol. The zero-order chi connectivity index (χ0) is 33.0. The van der Waals surface area contributed by atoms with Crippen LogP contribution < -0.4 is 0 Å². The Balaban J connectivity index is 1.20. The van der Waals surface area contributed by atoms with Crippen LogP contribution in [0.25, 0.3) is 98.3 Å². The molecule has 0 saturated heterocycles. The van der Waals surface area contributed by atoms with Gasteiger partial charge in [-0.1, -0.05) is 109 Å². The maximum atomic E-state index is 6.72. The lowest BCUT2D eigenvalue weighted by Gasteiger charge is -2.12. The molecule has 0 aliphatic heterocycles. The Morgan fingerprint density at radius 1 is 0.460 bits per heavy atom. The molecule has 0 bridgehead atoms. The lowest BCUT2D eigenvalue weighted by atomic mass is 9.95. The summed E-state index contributed by atoms with van der Waals surface area (Å²) in [6.07, 6.45) is 3.69. The number of benzene rings is 6. The van der Waals surface area contributed by atoms with Gasteiger partial charge in [0.05, 0.1) is 11.4 Å². The first-order valence-corrected chi connectivity index (χ1v) is 17.4. The van der Waals surface area contributed by atoms with Crippen molar-refractivity contribution >= 4 is 53.4 Å². The van der Waals surface area contributed by atoms with Crippen LogP contribution in [0.4, 0.5) is 0 Å². The van der Waals surface area contributed by atoms with E-state index >= 15 is 0 Å². The Morgan fingerprint density at radius 2 is 1.20 bits per heavy atom. The van der Waals surface area contributed by atoms with Gasteiger partial charge in [-0.05, 0) is 53.6 Å². The molecule has 4 nitrogen and oxygen atoms in total. The van der Waals surface area contributed by atoms with E-state index in [2.05, 4.69) is 120 Å². The fraction of sp³-hybridized carbons (Fsp3) is 0. The van der Waals surface area contributed by atoms with Crippen LogP contribution >= 0.6 is 11.3 Å². The Kier molecular flexibility index (Phi) is 6.64. The zero-order valence-electron chi connectivity index (χ0n) is 26.7. The molecule has 6 aromatic carbocycles. The summed E-state index contributed by atoms with van der Waals surface area (Å²) < 4.78 is 9.28. The number of hydrogen-bond donors (Lipinski definition) is 0. The number of fused-ring (bicyclic) bond motifs is 6. The smallest absolute Gasteiger partial charge is 0.160 e. The van der Waals surface area contributed by atoms with Gasteiger partial charge in [0.15, 0.2) is 5.82 Å². The van der Waals surface area contributed by atoms with Gasteiger partial charge in [0.2, 0.25) is 0 Å². The summed E-state index contributed by atoms with van der Waals surface area (Å²) in [4.78, 5) is 14.7. The Labute approximate surface area is 292 Å². The summed E-state index contributed by atoms with van der Waals surface area (Å²) in [6, 6.07) is 52.8. The third kappa shape index (κ3) is 4.79. The lowest BCUT2D eigenvalue weighted by Crippen LogP contribution is -1.96. The van der Waals surface area contributed by atoms with E-state index in [0.717, 1.165) is 72.3 Å². The van der Waals surface area contributed by atoms with Crippen LogP contribution in [0.15, 0.2) is 168 Å². The van der Waals surface area contributed by atoms with Crippen molar-refractivity contribution in [2.45, 2.75) is 0 Å². The van der Waals surface area contributed by atoms with Crippen molar-refractivity contribution in [2.75, 3.05) is 0 Å². The first-order valence-electron chi connectivity index (χ1n) is 16.6. The molecule has 0 atom stereocenters. The number of nitrogens with zero attached hydrogens (tertiary/aromatic N) is 3. The van der Waals surface area contributed by atoms with Gasteiger partial charge in [0, 0.05) is 71.2 Å². The van der Waals surface area contributed by atoms with Gasteiger partial charge in [-0.2, -0.15) is 0 Å². The first kappa shape index (κ1) is 28.6. The number of para-hydroxylation sites is 1. The minimum atomic E-state index is 0.671. The number of rotatable bonds is 5. The predicted molar refractivity (Wildman–Crippen MR) is 207 cm³/mol. The summed E-state index contributed by atoms with van der Waals surface area (Å²) in [6.45, 7) is 0. The quantitative estimate of drug-likeness (QED) is 0.185. The van der Waals surface area contributed by atoms with Gasteiger partial charge in [-0.15, -0.1) is 11.3 Å². The molecule has 10 aromatic rings. The van der Waals surface area contributed by atoms with E-state index in [4.69, 9.17) is 14.4 Å². The van der Waals surface area contributed by atoms with Crippen LogP contribution in [-0.4, -0.2) is 15.0 Å². The van der Waals surface area contributed by atoms with Gasteiger partial charge in [-0.3, -0.25) is 4.98 Å². The largest absolute Gasteiger partial charge is 0.455 e. The van der Waals surface area contributed by atoms with Crippen LogP contribution in [0.1, 0.15) is 0 Å².